The lowest BCUT2D eigenvalue weighted by molar-refractivity contribution is -0.141. The Morgan fingerprint density at radius 2 is 2.00 bits per heavy atom. The number of urea groups is 1. The van der Waals surface area contributed by atoms with E-state index in [1.54, 1.807) is 0 Å². The number of nitrogens with one attached hydrogen (secondary N) is 1. The van der Waals surface area contributed by atoms with Crippen molar-refractivity contribution in [3.63, 3.8) is 0 Å². The lowest BCUT2D eigenvalue weighted by Crippen LogP contribution is -2.44. The van der Waals surface area contributed by atoms with Crippen molar-refractivity contribution in [3.8, 4) is 0 Å². The molecule has 1 aliphatic carbocycles. The SMILES string of the molecule is CCC1(CC)CCN(C(=O)N[C@H]2CC[C@@H](C(=O)O)C2)C1. The molecule has 0 aromatic heterocycles. The lowest BCUT2D eigenvalue weighted by atomic mass is 9.82. The Balaban J connectivity index is 1.83. The summed E-state index contributed by atoms with van der Waals surface area (Å²) < 4.78 is 0. The summed E-state index contributed by atoms with van der Waals surface area (Å²) in [5, 5.41) is 12.0. The van der Waals surface area contributed by atoms with Crippen LogP contribution in [-0.2, 0) is 4.79 Å². The third kappa shape index (κ3) is 3.07. The highest BCUT2D eigenvalue weighted by molar-refractivity contribution is 5.75. The van der Waals surface area contributed by atoms with Gasteiger partial charge in [0.2, 0.25) is 0 Å². The molecule has 5 nitrogen and oxygen atoms in total. The standard InChI is InChI=1S/C15H26N2O3/c1-3-15(4-2)7-8-17(10-15)14(20)16-12-6-5-11(9-12)13(18)19/h11-12H,3-10H2,1-2H3,(H,16,20)(H,18,19)/t11-,12+/m1/s1. The summed E-state index contributed by atoms with van der Waals surface area (Å²) in [6.45, 7) is 6.04. The molecule has 0 radical (unpaired) electrons. The number of amides is 2. The molecular weight excluding hydrogens is 256 g/mol. The molecule has 2 N–H and O–H groups in total. The van der Waals surface area contributed by atoms with Gasteiger partial charge in [-0.3, -0.25) is 4.79 Å². The summed E-state index contributed by atoms with van der Waals surface area (Å²) in [5.74, 6) is -1.02. The van der Waals surface area contributed by atoms with Crippen LogP contribution < -0.4 is 5.32 Å². The van der Waals surface area contributed by atoms with Crippen molar-refractivity contribution in [2.45, 2.75) is 58.4 Å². The Morgan fingerprint density at radius 3 is 2.50 bits per heavy atom. The van der Waals surface area contributed by atoms with Crippen LogP contribution >= 0.6 is 0 Å². The number of nitrogens with zero attached hydrogens (tertiary/aromatic N) is 1. The Hall–Kier alpha value is -1.26. The van der Waals surface area contributed by atoms with E-state index >= 15 is 0 Å². The van der Waals surface area contributed by atoms with Crippen LogP contribution in [0.15, 0.2) is 0 Å². The zero-order chi connectivity index (χ0) is 14.8. The average Bonchev–Trinajstić information content (AvgIpc) is 3.05. The number of likely N-dealkylation sites (tertiary alicyclic amines) is 1. The molecule has 0 aromatic rings. The molecule has 0 unspecified atom stereocenters. The summed E-state index contributed by atoms with van der Waals surface area (Å²) >= 11 is 0. The number of hydrogen-bond acceptors (Lipinski definition) is 2. The van der Waals surface area contributed by atoms with Gasteiger partial charge in [0, 0.05) is 19.1 Å². The van der Waals surface area contributed by atoms with E-state index in [0.29, 0.717) is 12.8 Å². The summed E-state index contributed by atoms with van der Waals surface area (Å²) in [7, 11) is 0. The zero-order valence-corrected chi connectivity index (χ0v) is 12.5. The van der Waals surface area contributed by atoms with E-state index in [0.717, 1.165) is 38.8 Å². The molecule has 1 saturated heterocycles. The quantitative estimate of drug-likeness (QED) is 0.832. The maximum atomic E-state index is 12.3. The van der Waals surface area contributed by atoms with Crippen molar-refractivity contribution < 1.29 is 14.7 Å². The molecule has 1 heterocycles. The highest BCUT2D eigenvalue weighted by atomic mass is 16.4. The number of carboxylic acids is 1. The van der Waals surface area contributed by atoms with E-state index < -0.39 is 5.97 Å². The summed E-state index contributed by atoms with van der Waals surface area (Å²) in [4.78, 5) is 25.1. The molecule has 0 bridgehead atoms. The van der Waals surface area contributed by atoms with Crippen LogP contribution in [0.25, 0.3) is 0 Å². The van der Waals surface area contributed by atoms with Gasteiger partial charge in [-0.2, -0.15) is 0 Å². The van der Waals surface area contributed by atoms with Gasteiger partial charge in [0.25, 0.3) is 0 Å². The smallest absolute Gasteiger partial charge is 0.317 e. The number of hydrogen-bond donors (Lipinski definition) is 2. The predicted molar refractivity (Wildman–Crippen MR) is 76.5 cm³/mol. The molecule has 5 heteroatoms. The maximum Gasteiger partial charge on any atom is 0.317 e. The molecule has 2 amide bonds. The minimum absolute atomic E-state index is 0.00943. The van der Waals surface area contributed by atoms with E-state index in [1.807, 2.05) is 4.90 Å². The third-order valence-corrected chi connectivity index (χ3v) is 5.34. The van der Waals surface area contributed by atoms with Crippen LogP contribution in [0.4, 0.5) is 4.79 Å². The normalized spacial score (nSPS) is 28.6. The van der Waals surface area contributed by atoms with Crippen molar-refractivity contribution in [2.24, 2.45) is 11.3 Å². The Morgan fingerprint density at radius 1 is 1.30 bits per heavy atom. The monoisotopic (exact) mass is 282 g/mol. The molecule has 20 heavy (non-hydrogen) atoms. The van der Waals surface area contributed by atoms with Crippen molar-refractivity contribution >= 4 is 12.0 Å². The molecule has 2 aliphatic rings. The molecule has 114 valence electrons. The van der Waals surface area contributed by atoms with Gasteiger partial charge < -0.3 is 15.3 Å². The first-order valence-electron chi connectivity index (χ1n) is 7.78. The van der Waals surface area contributed by atoms with Gasteiger partial charge >= 0.3 is 12.0 Å². The van der Waals surface area contributed by atoms with Crippen molar-refractivity contribution in [1.82, 2.24) is 10.2 Å². The fourth-order valence-corrected chi connectivity index (χ4v) is 3.54. The fraction of sp³-hybridized carbons (Fsp3) is 0.867. The Kier molecular flexibility index (Phi) is 4.55. The van der Waals surface area contributed by atoms with Crippen LogP contribution in [0.2, 0.25) is 0 Å². The van der Waals surface area contributed by atoms with E-state index in [-0.39, 0.29) is 23.4 Å². The fourth-order valence-electron chi connectivity index (χ4n) is 3.54. The number of carbonyl (C=O) groups is 2. The summed E-state index contributed by atoms with van der Waals surface area (Å²) in [6.07, 6.45) is 5.32. The largest absolute Gasteiger partial charge is 0.481 e. The minimum atomic E-state index is -0.737. The predicted octanol–water partition coefficient (Wildman–Crippen LogP) is 2.46. The van der Waals surface area contributed by atoms with E-state index in [4.69, 9.17) is 5.11 Å². The number of aliphatic carboxylic acids is 1. The molecule has 0 aromatic carbocycles. The van der Waals surface area contributed by atoms with Gasteiger partial charge in [0.1, 0.15) is 0 Å². The second kappa shape index (κ2) is 6.02. The topological polar surface area (TPSA) is 69.6 Å². The number of rotatable bonds is 4. The van der Waals surface area contributed by atoms with Crippen molar-refractivity contribution in [2.75, 3.05) is 13.1 Å². The highest BCUT2D eigenvalue weighted by Gasteiger charge is 2.38. The average molecular weight is 282 g/mol. The van der Waals surface area contributed by atoms with Crippen LogP contribution in [-0.4, -0.2) is 41.1 Å². The van der Waals surface area contributed by atoms with Gasteiger partial charge in [0.05, 0.1) is 5.92 Å². The summed E-state index contributed by atoms with van der Waals surface area (Å²) in [6, 6.07) is 0.0201. The highest BCUT2D eigenvalue weighted by Crippen LogP contribution is 2.37. The molecule has 2 fully saturated rings. The third-order valence-electron chi connectivity index (χ3n) is 5.34. The van der Waals surface area contributed by atoms with Gasteiger partial charge in [-0.15, -0.1) is 0 Å². The van der Waals surface area contributed by atoms with E-state index in [1.165, 1.54) is 0 Å². The van der Waals surface area contributed by atoms with E-state index in [9.17, 15) is 9.59 Å². The maximum absolute atomic E-state index is 12.3. The van der Waals surface area contributed by atoms with Crippen LogP contribution in [0.1, 0.15) is 52.4 Å². The van der Waals surface area contributed by atoms with Crippen molar-refractivity contribution in [1.29, 1.82) is 0 Å². The molecule has 2 rings (SSSR count). The Labute approximate surface area is 120 Å². The molecule has 1 aliphatic heterocycles. The molecule has 0 spiro atoms. The van der Waals surface area contributed by atoms with Crippen LogP contribution in [0.5, 0.6) is 0 Å². The first-order valence-corrected chi connectivity index (χ1v) is 7.78. The van der Waals surface area contributed by atoms with Crippen molar-refractivity contribution in [3.05, 3.63) is 0 Å². The lowest BCUT2D eigenvalue weighted by Gasteiger charge is -2.27. The number of carboxylic acid groups (broad SMARTS) is 1. The van der Waals surface area contributed by atoms with Gasteiger partial charge in [-0.1, -0.05) is 13.8 Å². The van der Waals surface area contributed by atoms with Gasteiger partial charge in [0.15, 0.2) is 0 Å². The number of carbonyl (C=O) groups excluding carboxylic acids is 1. The molecule has 2 atom stereocenters. The second-order valence-electron chi connectivity index (χ2n) is 6.37. The Bertz CT molecular complexity index is 379. The molecular formula is C15H26N2O3. The van der Waals surface area contributed by atoms with Crippen LogP contribution in [0.3, 0.4) is 0 Å². The second-order valence-corrected chi connectivity index (χ2v) is 6.37. The van der Waals surface area contributed by atoms with E-state index in [2.05, 4.69) is 19.2 Å². The minimum Gasteiger partial charge on any atom is -0.481 e. The first kappa shape index (κ1) is 15.1. The van der Waals surface area contributed by atoms with Gasteiger partial charge in [-0.25, -0.2) is 4.79 Å². The molecule has 1 saturated carbocycles. The first-order chi connectivity index (χ1) is 9.49. The summed E-state index contributed by atoms with van der Waals surface area (Å²) in [5.41, 5.74) is 0.288. The zero-order valence-electron chi connectivity index (χ0n) is 12.5. The van der Waals surface area contributed by atoms with Crippen LogP contribution in [0, 0.1) is 11.3 Å². The van der Waals surface area contributed by atoms with Gasteiger partial charge in [-0.05, 0) is 43.9 Å².